The van der Waals surface area contributed by atoms with Gasteiger partial charge in [-0.2, -0.15) is 10.2 Å². The molecule has 0 unspecified atom stereocenters. The molecule has 0 spiro atoms. The monoisotopic (exact) mass is 444 g/mol. The summed E-state index contributed by atoms with van der Waals surface area (Å²) in [5.41, 5.74) is 3.10. The van der Waals surface area contributed by atoms with Gasteiger partial charge in [0.15, 0.2) is 0 Å². The minimum atomic E-state index is -0.701. The number of hydrogen-bond acceptors (Lipinski definition) is 5. The summed E-state index contributed by atoms with van der Waals surface area (Å²) in [5, 5.41) is 10.8. The average molecular weight is 445 g/mol. The standard InChI is InChI=1S/C22H26ClFN6O/c1-22(13-31-14-22)28-4-2-27(3-5-28)21-9-20-15(6-19(21)23)10-26-30(20)18-11-25-29(12-18)17-7-16(24)8-17/h6,9-12,16-17H,2-5,7-8,13-14H2,1H3. The summed E-state index contributed by atoms with van der Waals surface area (Å²) in [7, 11) is 0. The molecule has 0 radical (unpaired) electrons. The maximum absolute atomic E-state index is 13.2. The van der Waals surface area contributed by atoms with Crippen LogP contribution in [0.3, 0.4) is 0 Å². The van der Waals surface area contributed by atoms with Crippen molar-refractivity contribution in [3.63, 3.8) is 0 Å². The van der Waals surface area contributed by atoms with E-state index >= 15 is 0 Å². The smallest absolute Gasteiger partial charge is 0.104 e. The lowest BCUT2D eigenvalue weighted by Gasteiger charge is -2.50. The van der Waals surface area contributed by atoms with E-state index in [9.17, 15) is 4.39 Å². The summed E-state index contributed by atoms with van der Waals surface area (Å²) < 4.78 is 22.4. The van der Waals surface area contributed by atoms with E-state index in [1.54, 1.807) is 6.20 Å². The molecule has 9 heteroatoms. The third-order valence-electron chi connectivity index (χ3n) is 7.11. The minimum Gasteiger partial charge on any atom is -0.377 e. The van der Waals surface area contributed by atoms with Gasteiger partial charge in [0, 0.05) is 44.4 Å². The normalized spacial score (nSPS) is 26.1. The van der Waals surface area contributed by atoms with Crippen LogP contribution in [-0.2, 0) is 4.74 Å². The summed E-state index contributed by atoms with van der Waals surface area (Å²) in [6, 6.07) is 4.27. The fourth-order valence-electron chi connectivity index (χ4n) is 4.92. The predicted molar refractivity (Wildman–Crippen MR) is 118 cm³/mol. The lowest BCUT2D eigenvalue weighted by Crippen LogP contribution is -2.64. The van der Waals surface area contributed by atoms with Gasteiger partial charge in [-0.25, -0.2) is 9.07 Å². The largest absolute Gasteiger partial charge is 0.377 e. The maximum Gasteiger partial charge on any atom is 0.104 e. The zero-order chi connectivity index (χ0) is 21.2. The number of hydrogen-bond donors (Lipinski definition) is 0. The maximum atomic E-state index is 13.2. The van der Waals surface area contributed by atoms with Crippen LogP contribution in [0.1, 0.15) is 25.8 Å². The van der Waals surface area contributed by atoms with Crippen molar-refractivity contribution < 1.29 is 9.13 Å². The topological polar surface area (TPSA) is 51.3 Å². The fraction of sp³-hybridized carbons (Fsp3) is 0.545. The molecule has 2 aliphatic heterocycles. The van der Waals surface area contributed by atoms with Crippen molar-refractivity contribution in [3.05, 3.63) is 35.7 Å². The Morgan fingerprint density at radius 3 is 2.55 bits per heavy atom. The van der Waals surface area contributed by atoms with E-state index in [4.69, 9.17) is 16.3 Å². The Labute approximate surface area is 185 Å². The third kappa shape index (κ3) is 3.23. The van der Waals surface area contributed by atoms with Gasteiger partial charge < -0.3 is 9.64 Å². The van der Waals surface area contributed by atoms with Gasteiger partial charge in [-0.3, -0.25) is 9.58 Å². The zero-order valence-corrected chi connectivity index (χ0v) is 18.3. The lowest BCUT2D eigenvalue weighted by atomic mass is 9.91. The van der Waals surface area contributed by atoms with Gasteiger partial charge in [0.25, 0.3) is 0 Å². The van der Waals surface area contributed by atoms with Gasteiger partial charge in [0.2, 0.25) is 0 Å². The highest BCUT2D eigenvalue weighted by Crippen LogP contribution is 2.36. The molecular weight excluding hydrogens is 419 g/mol. The number of rotatable bonds is 4. The van der Waals surface area contributed by atoms with E-state index in [2.05, 4.69) is 33.0 Å². The number of nitrogens with zero attached hydrogens (tertiary/aromatic N) is 6. The molecule has 0 N–H and O–H groups in total. The van der Waals surface area contributed by atoms with Crippen molar-refractivity contribution in [1.82, 2.24) is 24.5 Å². The van der Waals surface area contributed by atoms with E-state index in [0.717, 1.165) is 66.7 Å². The molecule has 2 aromatic heterocycles. The molecule has 31 heavy (non-hydrogen) atoms. The molecule has 164 valence electrons. The van der Waals surface area contributed by atoms with Crippen LogP contribution in [0.15, 0.2) is 30.7 Å². The first kappa shape index (κ1) is 19.5. The second-order valence-corrected chi connectivity index (χ2v) is 9.69. The predicted octanol–water partition coefficient (Wildman–Crippen LogP) is 3.46. The van der Waals surface area contributed by atoms with Crippen molar-refractivity contribution in [3.8, 4) is 5.69 Å². The SMILES string of the molecule is CC1(N2CCN(c3cc4c(cnn4-c4cnn(C5CC(F)C5)c4)cc3Cl)CC2)COC1. The molecule has 0 bridgehead atoms. The van der Waals surface area contributed by atoms with Crippen molar-refractivity contribution >= 4 is 28.2 Å². The number of anilines is 1. The highest BCUT2D eigenvalue weighted by molar-refractivity contribution is 6.34. The van der Waals surface area contributed by atoms with Crippen LogP contribution in [0.5, 0.6) is 0 Å². The Balaban J connectivity index is 1.26. The summed E-state index contributed by atoms with van der Waals surface area (Å²) in [6.07, 6.45) is 5.96. The molecule has 1 aromatic carbocycles. The number of benzene rings is 1. The van der Waals surface area contributed by atoms with Crippen molar-refractivity contribution in [2.45, 2.75) is 37.5 Å². The molecule has 7 nitrogen and oxygen atoms in total. The molecule has 1 aliphatic carbocycles. The summed E-state index contributed by atoms with van der Waals surface area (Å²) in [4.78, 5) is 4.89. The van der Waals surface area contributed by atoms with Crippen LogP contribution in [0.2, 0.25) is 5.02 Å². The summed E-state index contributed by atoms with van der Waals surface area (Å²) in [5.74, 6) is 0. The van der Waals surface area contributed by atoms with Gasteiger partial charge in [0.05, 0.1) is 59.6 Å². The van der Waals surface area contributed by atoms with E-state index in [0.29, 0.717) is 12.8 Å². The minimum absolute atomic E-state index is 0.148. The second-order valence-electron chi connectivity index (χ2n) is 9.28. The van der Waals surface area contributed by atoms with Crippen LogP contribution in [0, 0.1) is 0 Å². The van der Waals surface area contributed by atoms with E-state index in [1.807, 2.05) is 27.8 Å². The zero-order valence-electron chi connectivity index (χ0n) is 17.5. The molecule has 0 amide bonds. The number of aromatic nitrogens is 4. The van der Waals surface area contributed by atoms with Crippen LogP contribution in [0.25, 0.3) is 16.6 Å². The molecule has 0 atom stereocenters. The quantitative estimate of drug-likeness (QED) is 0.617. The number of halogens is 2. The Bertz CT molecular complexity index is 1110. The van der Waals surface area contributed by atoms with E-state index in [-0.39, 0.29) is 11.6 Å². The fourth-order valence-corrected chi connectivity index (χ4v) is 5.22. The second kappa shape index (κ2) is 7.18. The summed E-state index contributed by atoms with van der Waals surface area (Å²) >= 11 is 6.68. The van der Waals surface area contributed by atoms with Gasteiger partial charge in [-0.1, -0.05) is 11.6 Å². The Morgan fingerprint density at radius 2 is 1.87 bits per heavy atom. The van der Waals surface area contributed by atoms with Gasteiger partial charge in [0.1, 0.15) is 11.9 Å². The first-order valence-corrected chi connectivity index (χ1v) is 11.3. The number of fused-ring (bicyclic) bond motifs is 1. The molecular formula is C22H26ClFN6O. The Kier molecular flexibility index (Phi) is 4.52. The van der Waals surface area contributed by atoms with E-state index in [1.165, 1.54) is 0 Å². The van der Waals surface area contributed by atoms with E-state index < -0.39 is 6.17 Å². The molecule has 3 fully saturated rings. The van der Waals surface area contributed by atoms with Gasteiger partial charge in [-0.15, -0.1) is 0 Å². The number of ether oxygens (including phenoxy) is 1. The Hall–Kier alpha value is -2.16. The molecule has 3 aliphatic rings. The molecule has 4 heterocycles. The third-order valence-corrected chi connectivity index (χ3v) is 7.41. The van der Waals surface area contributed by atoms with Crippen LogP contribution >= 0.6 is 11.6 Å². The average Bonchev–Trinajstić information content (AvgIpc) is 3.36. The molecule has 2 saturated heterocycles. The van der Waals surface area contributed by atoms with Crippen molar-refractivity contribution in [2.75, 3.05) is 44.3 Å². The first-order valence-electron chi connectivity index (χ1n) is 10.9. The van der Waals surface area contributed by atoms with Gasteiger partial charge >= 0.3 is 0 Å². The summed E-state index contributed by atoms with van der Waals surface area (Å²) in [6.45, 7) is 7.77. The van der Waals surface area contributed by atoms with Crippen molar-refractivity contribution in [2.24, 2.45) is 0 Å². The van der Waals surface area contributed by atoms with Crippen LogP contribution < -0.4 is 4.90 Å². The highest BCUT2D eigenvalue weighted by atomic mass is 35.5. The van der Waals surface area contributed by atoms with Crippen LogP contribution in [-0.4, -0.2) is 75.6 Å². The van der Waals surface area contributed by atoms with Crippen molar-refractivity contribution in [1.29, 1.82) is 0 Å². The van der Waals surface area contributed by atoms with Gasteiger partial charge in [-0.05, 0) is 19.1 Å². The molecule has 1 saturated carbocycles. The molecule has 3 aromatic rings. The Morgan fingerprint density at radius 1 is 1.10 bits per heavy atom. The molecule has 6 rings (SSSR count). The lowest BCUT2D eigenvalue weighted by molar-refractivity contribution is -0.131. The number of piperazine rings is 1. The van der Waals surface area contributed by atoms with Crippen LogP contribution in [0.4, 0.5) is 10.1 Å². The first-order chi connectivity index (χ1) is 15.0. The number of alkyl halides is 1. The highest BCUT2D eigenvalue weighted by Gasteiger charge is 2.40.